The van der Waals surface area contributed by atoms with Gasteiger partial charge in [-0.3, -0.25) is 4.79 Å². The second-order valence-electron chi connectivity index (χ2n) is 8.48. The monoisotopic (exact) mass is 390 g/mol. The van der Waals surface area contributed by atoms with Crippen molar-refractivity contribution in [1.82, 2.24) is 19.9 Å². The van der Waals surface area contributed by atoms with Gasteiger partial charge in [-0.05, 0) is 35.2 Å². The summed E-state index contributed by atoms with van der Waals surface area (Å²) in [6, 6.07) is 17.7. The number of nitrogens with zero attached hydrogens (tertiary/aromatic N) is 4. The molecule has 0 N–H and O–H groups in total. The average Bonchev–Trinajstić information content (AvgIpc) is 3.14. The number of ether oxygens (including phenoxy) is 1. The molecule has 1 aromatic heterocycles. The van der Waals surface area contributed by atoms with Crippen molar-refractivity contribution in [2.45, 2.75) is 38.8 Å². The van der Waals surface area contributed by atoms with Gasteiger partial charge in [0.15, 0.2) is 0 Å². The predicted octanol–water partition coefficient (Wildman–Crippen LogP) is 3.85. The van der Waals surface area contributed by atoms with Gasteiger partial charge in [-0.25, -0.2) is 4.68 Å². The van der Waals surface area contributed by atoms with Crippen molar-refractivity contribution in [2.24, 2.45) is 0 Å². The van der Waals surface area contributed by atoms with E-state index in [0.717, 1.165) is 17.0 Å². The number of benzene rings is 2. The zero-order valence-corrected chi connectivity index (χ0v) is 17.1. The maximum atomic E-state index is 12.7. The van der Waals surface area contributed by atoms with Gasteiger partial charge < -0.3 is 9.64 Å². The Hall–Kier alpha value is -3.15. The smallest absolute Gasteiger partial charge is 0.253 e. The van der Waals surface area contributed by atoms with Crippen molar-refractivity contribution in [1.29, 1.82) is 0 Å². The molecule has 2 aromatic carbocycles. The standard InChI is InChI=1S/C23H26N4O2/c1-23(2,3)18-11-9-17(10-12-18)22(28)26-14-20(15-26)27-13-19(24-25-27)16-29-21-7-5-4-6-8-21/h4-13,20H,14-16H2,1-3H3. The number of hydrogen-bond acceptors (Lipinski definition) is 4. The fourth-order valence-corrected chi connectivity index (χ4v) is 3.32. The number of hydrogen-bond donors (Lipinski definition) is 0. The third-order valence-corrected chi connectivity index (χ3v) is 5.21. The van der Waals surface area contributed by atoms with Crippen molar-refractivity contribution in [2.75, 3.05) is 13.1 Å². The van der Waals surface area contributed by atoms with Crippen LogP contribution in [-0.4, -0.2) is 38.9 Å². The predicted molar refractivity (Wildman–Crippen MR) is 111 cm³/mol. The highest BCUT2D eigenvalue weighted by atomic mass is 16.5. The van der Waals surface area contributed by atoms with Crippen LogP contribution < -0.4 is 4.74 Å². The lowest BCUT2D eigenvalue weighted by Gasteiger charge is -2.39. The number of aromatic nitrogens is 3. The average molecular weight is 390 g/mol. The quantitative estimate of drug-likeness (QED) is 0.664. The number of carbonyl (C=O) groups is 1. The van der Waals surface area contributed by atoms with Gasteiger partial charge in [-0.15, -0.1) is 5.10 Å². The summed E-state index contributed by atoms with van der Waals surface area (Å²) in [7, 11) is 0. The molecule has 4 rings (SSSR count). The minimum Gasteiger partial charge on any atom is -0.487 e. The molecule has 1 fully saturated rings. The molecule has 0 bridgehead atoms. The minimum atomic E-state index is 0.0643. The SMILES string of the molecule is CC(C)(C)c1ccc(C(=O)N2CC(n3cc(COc4ccccc4)nn3)C2)cc1. The second kappa shape index (κ2) is 7.70. The first-order valence-corrected chi connectivity index (χ1v) is 9.88. The first-order valence-electron chi connectivity index (χ1n) is 9.88. The number of rotatable bonds is 5. The molecule has 0 saturated carbocycles. The van der Waals surface area contributed by atoms with Crippen LogP contribution in [0.1, 0.15) is 48.4 Å². The van der Waals surface area contributed by atoms with Crippen LogP contribution in [-0.2, 0) is 12.0 Å². The third-order valence-electron chi connectivity index (χ3n) is 5.21. The number of amides is 1. The van der Waals surface area contributed by atoms with Gasteiger partial charge in [0.25, 0.3) is 5.91 Å². The molecule has 1 aliphatic heterocycles. The van der Waals surface area contributed by atoms with Gasteiger partial charge in [-0.2, -0.15) is 0 Å². The fourth-order valence-electron chi connectivity index (χ4n) is 3.32. The van der Waals surface area contributed by atoms with E-state index in [0.29, 0.717) is 19.7 Å². The Kier molecular flexibility index (Phi) is 5.09. The molecular formula is C23H26N4O2. The number of carbonyl (C=O) groups excluding carboxylic acids is 1. The molecule has 6 nitrogen and oxygen atoms in total. The van der Waals surface area contributed by atoms with Crippen LogP contribution in [0.25, 0.3) is 0 Å². The zero-order chi connectivity index (χ0) is 20.4. The van der Waals surface area contributed by atoms with E-state index in [1.165, 1.54) is 5.56 Å². The summed E-state index contributed by atoms with van der Waals surface area (Å²) in [4.78, 5) is 14.5. The maximum Gasteiger partial charge on any atom is 0.253 e. The molecule has 1 aliphatic rings. The second-order valence-corrected chi connectivity index (χ2v) is 8.48. The molecule has 0 spiro atoms. The van der Waals surface area contributed by atoms with Crippen LogP contribution in [0.5, 0.6) is 5.75 Å². The Labute approximate surface area is 171 Å². The Balaban J connectivity index is 1.30. The number of likely N-dealkylation sites (tertiary alicyclic amines) is 1. The van der Waals surface area contributed by atoms with E-state index >= 15 is 0 Å². The van der Waals surface area contributed by atoms with Crippen molar-refractivity contribution < 1.29 is 9.53 Å². The Bertz CT molecular complexity index is 968. The summed E-state index contributed by atoms with van der Waals surface area (Å²) in [5.41, 5.74) is 2.81. The molecule has 0 radical (unpaired) electrons. The van der Waals surface area contributed by atoms with Crippen LogP contribution in [0.15, 0.2) is 60.8 Å². The Morgan fingerprint density at radius 1 is 1.07 bits per heavy atom. The van der Waals surface area contributed by atoms with Gasteiger partial charge in [0.1, 0.15) is 18.1 Å². The van der Waals surface area contributed by atoms with Crippen molar-refractivity contribution in [3.8, 4) is 5.75 Å². The van der Waals surface area contributed by atoms with Crippen LogP contribution in [0.4, 0.5) is 0 Å². The van der Waals surface area contributed by atoms with Crippen molar-refractivity contribution in [3.63, 3.8) is 0 Å². The van der Waals surface area contributed by atoms with E-state index in [4.69, 9.17) is 4.74 Å². The van der Waals surface area contributed by atoms with Crippen LogP contribution in [0.3, 0.4) is 0 Å². The first kappa shape index (κ1) is 19.2. The highest BCUT2D eigenvalue weighted by Crippen LogP contribution is 2.25. The van der Waals surface area contributed by atoms with E-state index in [9.17, 15) is 4.79 Å². The highest BCUT2D eigenvalue weighted by Gasteiger charge is 2.33. The molecule has 3 aromatic rings. The van der Waals surface area contributed by atoms with E-state index in [1.807, 2.05) is 70.4 Å². The van der Waals surface area contributed by atoms with Gasteiger partial charge in [0.05, 0.1) is 12.2 Å². The van der Waals surface area contributed by atoms with Gasteiger partial charge in [-0.1, -0.05) is 56.3 Å². The first-order chi connectivity index (χ1) is 13.9. The van der Waals surface area contributed by atoms with E-state index in [1.54, 1.807) is 0 Å². The van der Waals surface area contributed by atoms with Gasteiger partial charge in [0, 0.05) is 18.7 Å². The molecular weight excluding hydrogens is 364 g/mol. The topological polar surface area (TPSA) is 60.2 Å². The van der Waals surface area contributed by atoms with Crippen molar-refractivity contribution >= 4 is 5.91 Å². The van der Waals surface area contributed by atoms with E-state index in [-0.39, 0.29) is 17.4 Å². The van der Waals surface area contributed by atoms with Crippen LogP contribution >= 0.6 is 0 Å². The summed E-state index contributed by atoms with van der Waals surface area (Å²) >= 11 is 0. The van der Waals surface area contributed by atoms with E-state index in [2.05, 4.69) is 31.1 Å². The molecule has 0 aliphatic carbocycles. The van der Waals surface area contributed by atoms with E-state index < -0.39 is 0 Å². The highest BCUT2D eigenvalue weighted by molar-refractivity contribution is 5.94. The summed E-state index contributed by atoms with van der Waals surface area (Å²) in [6.07, 6.45) is 1.90. The lowest BCUT2D eigenvalue weighted by atomic mass is 9.86. The Morgan fingerprint density at radius 2 is 1.76 bits per heavy atom. The molecule has 0 unspecified atom stereocenters. The molecule has 6 heteroatoms. The van der Waals surface area contributed by atoms with Gasteiger partial charge in [0.2, 0.25) is 0 Å². The summed E-state index contributed by atoms with van der Waals surface area (Å²) in [5, 5.41) is 8.38. The Morgan fingerprint density at radius 3 is 2.41 bits per heavy atom. The maximum absolute atomic E-state index is 12.7. The van der Waals surface area contributed by atoms with Crippen LogP contribution in [0.2, 0.25) is 0 Å². The minimum absolute atomic E-state index is 0.0643. The molecule has 2 heterocycles. The number of para-hydroxylation sites is 1. The molecule has 1 amide bonds. The largest absolute Gasteiger partial charge is 0.487 e. The molecule has 150 valence electrons. The molecule has 29 heavy (non-hydrogen) atoms. The fraction of sp³-hybridized carbons (Fsp3) is 0.348. The summed E-state index contributed by atoms with van der Waals surface area (Å²) in [5.74, 6) is 0.870. The van der Waals surface area contributed by atoms with Crippen molar-refractivity contribution in [3.05, 3.63) is 77.6 Å². The lowest BCUT2D eigenvalue weighted by Crippen LogP contribution is -2.50. The third kappa shape index (κ3) is 4.31. The summed E-state index contributed by atoms with van der Waals surface area (Å²) < 4.78 is 7.54. The normalized spacial score (nSPS) is 14.5. The summed E-state index contributed by atoms with van der Waals surface area (Å²) in [6.45, 7) is 8.16. The molecule has 1 saturated heterocycles. The van der Waals surface area contributed by atoms with Crippen LogP contribution in [0, 0.1) is 0 Å². The van der Waals surface area contributed by atoms with Gasteiger partial charge >= 0.3 is 0 Å². The molecule has 0 atom stereocenters. The lowest BCUT2D eigenvalue weighted by molar-refractivity contribution is 0.0498. The zero-order valence-electron chi connectivity index (χ0n) is 17.1.